The molecule has 1 radical (unpaired) electrons. The summed E-state index contributed by atoms with van der Waals surface area (Å²) in [7, 11) is 0. The number of halogens is 2. The molecule has 0 amide bonds. The molecule has 0 aromatic carbocycles. The Labute approximate surface area is 60.6 Å². The summed E-state index contributed by atoms with van der Waals surface area (Å²) in [6, 6.07) is 0. The van der Waals surface area contributed by atoms with Crippen LogP contribution in [0.25, 0.3) is 0 Å². The van der Waals surface area contributed by atoms with E-state index in [1.807, 2.05) is 0 Å². The fourth-order valence-electron chi connectivity index (χ4n) is 1.39. The molecule has 0 atom stereocenters. The summed E-state index contributed by atoms with van der Waals surface area (Å²) in [6.07, 6.45) is 5.27. The van der Waals surface area contributed by atoms with Gasteiger partial charge in [-0.1, -0.05) is 0 Å². The van der Waals surface area contributed by atoms with Crippen LogP contribution in [-0.4, -0.2) is 13.3 Å². The van der Waals surface area contributed by atoms with Crippen molar-refractivity contribution in [2.75, 3.05) is 13.3 Å². The normalized spacial score (nSPS) is 24.6. The Morgan fingerprint density at radius 1 is 1.10 bits per heavy atom. The molecule has 0 nitrogen and oxygen atoms in total. The van der Waals surface area contributed by atoms with Gasteiger partial charge in [0.2, 0.25) is 0 Å². The molecule has 0 aromatic heterocycles. The monoisotopic (exact) mass is 147 g/mol. The van der Waals surface area contributed by atoms with Crippen LogP contribution in [0.4, 0.5) is 8.78 Å². The van der Waals surface area contributed by atoms with Crippen molar-refractivity contribution in [1.29, 1.82) is 0 Å². The fourth-order valence-corrected chi connectivity index (χ4v) is 1.39. The van der Waals surface area contributed by atoms with Crippen LogP contribution < -0.4 is 0 Å². The lowest BCUT2D eigenvalue weighted by Crippen LogP contribution is -2.28. The Kier molecular flexibility index (Phi) is 2.64. The van der Waals surface area contributed by atoms with Gasteiger partial charge in [-0.2, -0.15) is 0 Å². The largest absolute Gasteiger partial charge is 0.250 e. The van der Waals surface area contributed by atoms with Gasteiger partial charge in [0, 0.05) is 5.41 Å². The van der Waals surface area contributed by atoms with Crippen LogP contribution in [0.5, 0.6) is 0 Å². The van der Waals surface area contributed by atoms with E-state index in [0.717, 1.165) is 12.8 Å². The Hall–Kier alpha value is -0.140. The standard InChI is InChI=1S/C8H13F2/c9-6-8(7-10)4-2-1-3-5-8/h1H,2-7H2. The molecule has 59 valence electrons. The van der Waals surface area contributed by atoms with E-state index in [2.05, 4.69) is 6.42 Å². The first-order valence-electron chi connectivity index (χ1n) is 3.77. The van der Waals surface area contributed by atoms with Gasteiger partial charge >= 0.3 is 0 Å². The smallest absolute Gasteiger partial charge is 0.0975 e. The zero-order chi connectivity index (χ0) is 7.45. The maximum absolute atomic E-state index is 12.3. The lowest BCUT2D eigenvalue weighted by atomic mass is 9.76. The minimum atomic E-state index is -0.602. The molecule has 0 N–H and O–H groups in total. The van der Waals surface area contributed by atoms with Crippen molar-refractivity contribution in [3.8, 4) is 0 Å². The third kappa shape index (κ3) is 1.47. The highest BCUT2D eigenvalue weighted by Crippen LogP contribution is 2.36. The molecule has 2 heteroatoms. The highest BCUT2D eigenvalue weighted by molar-refractivity contribution is 4.87. The first kappa shape index (κ1) is 7.96. The third-order valence-electron chi connectivity index (χ3n) is 2.32. The van der Waals surface area contributed by atoms with Gasteiger partial charge in [0.25, 0.3) is 0 Å². The van der Waals surface area contributed by atoms with Gasteiger partial charge in [0.1, 0.15) is 0 Å². The van der Waals surface area contributed by atoms with Gasteiger partial charge < -0.3 is 0 Å². The summed E-state index contributed by atoms with van der Waals surface area (Å²) < 4.78 is 24.6. The first-order valence-corrected chi connectivity index (χ1v) is 3.77. The molecule has 0 spiro atoms. The molecule has 1 rings (SSSR count). The predicted octanol–water partition coefficient (Wildman–Crippen LogP) is 2.69. The van der Waals surface area contributed by atoms with Gasteiger partial charge in [-0.05, 0) is 32.1 Å². The minimum absolute atomic E-state index is 0.489. The predicted molar refractivity (Wildman–Crippen MR) is 37.2 cm³/mol. The van der Waals surface area contributed by atoms with Crippen LogP contribution in [0.15, 0.2) is 0 Å². The van der Waals surface area contributed by atoms with Gasteiger partial charge in [0.15, 0.2) is 0 Å². The van der Waals surface area contributed by atoms with E-state index >= 15 is 0 Å². The number of hydrogen-bond donors (Lipinski definition) is 0. The molecule has 1 aliphatic rings. The summed E-state index contributed by atoms with van der Waals surface area (Å²) in [5.74, 6) is 0. The molecule has 1 fully saturated rings. The summed E-state index contributed by atoms with van der Waals surface area (Å²) in [5.41, 5.74) is -0.602. The maximum atomic E-state index is 12.3. The van der Waals surface area contributed by atoms with Crippen LogP contribution in [0, 0.1) is 11.8 Å². The van der Waals surface area contributed by atoms with E-state index in [4.69, 9.17) is 0 Å². The van der Waals surface area contributed by atoms with Gasteiger partial charge in [0.05, 0.1) is 13.3 Å². The Balaban J connectivity index is 2.44. The maximum Gasteiger partial charge on any atom is 0.0975 e. The van der Waals surface area contributed by atoms with E-state index in [1.54, 1.807) is 0 Å². The number of rotatable bonds is 2. The highest BCUT2D eigenvalue weighted by atomic mass is 19.1. The number of alkyl halides is 2. The lowest BCUT2D eigenvalue weighted by Gasteiger charge is -2.31. The second kappa shape index (κ2) is 3.31. The Bertz CT molecular complexity index is 89.4. The third-order valence-corrected chi connectivity index (χ3v) is 2.32. The van der Waals surface area contributed by atoms with Crippen LogP contribution >= 0.6 is 0 Å². The van der Waals surface area contributed by atoms with E-state index in [0.29, 0.717) is 12.8 Å². The highest BCUT2D eigenvalue weighted by Gasteiger charge is 2.31. The van der Waals surface area contributed by atoms with E-state index in [9.17, 15) is 8.78 Å². The zero-order valence-electron chi connectivity index (χ0n) is 6.08. The lowest BCUT2D eigenvalue weighted by molar-refractivity contribution is 0.113. The first-order chi connectivity index (χ1) is 4.83. The topological polar surface area (TPSA) is 0 Å². The van der Waals surface area contributed by atoms with Crippen LogP contribution in [0.3, 0.4) is 0 Å². The summed E-state index contributed by atoms with van der Waals surface area (Å²) in [4.78, 5) is 0. The SMILES string of the molecule is FCC1(CF)CC[CH]CC1. The van der Waals surface area contributed by atoms with Crippen molar-refractivity contribution >= 4 is 0 Å². The second-order valence-electron chi connectivity index (χ2n) is 3.13. The van der Waals surface area contributed by atoms with E-state index in [-0.39, 0.29) is 0 Å². The second-order valence-corrected chi connectivity index (χ2v) is 3.13. The van der Waals surface area contributed by atoms with Crippen molar-refractivity contribution in [3.05, 3.63) is 6.42 Å². The molecule has 10 heavy (non-hydrogen) atoms. The molecule has 0 heterocycles. The van der Waals surface area contributed by atoms with Crippen molar-refractivity contribution in [2.24, 2.45) is 5.41 Å². The van der Waals surface area contributed by atoms with Gasteiger partial charge in [-0.25, -0.2) is 0 Å². The average Bonchev–Trinajstić information content (AvgIpc) is 2.06. The summed E-state index contributed by atoms with van der Waals surface area (Å²) >= 11 is 0. The van der Waals surface area contributed by atoms with Crippen molar-refractivity contribution in [3.63, 3.8) is 0 Å². The average molecular weight is 147 g/mol. The summed E-state index contributed by atoms with van der Waals surface area (Å²) in [5, 5.41) is 0. The fraction of sp³-hybridized carbons (Fsp3) is 0.875. The van der Waals surface area contributed by atoms with Gasteiger partial charge in [-0.3, -0.25) is 8.78 Å². The zero-order valence-corrected chi connectivity index (χ0v) is 6.08. The molecular formula is C8H13F2. The van der Waals surface area contributed by atoms with Gasteiger partial charge in [-0.15, -0.1) is 0 Å². The van der Waals surface area contributed by atoms with Crippen LogP contribution in [0.1, 0.15) is 25.7 Å². The molecule has 1 saturated carbocycles. The Morgan fingerprint density at radius 2 is 1.60 bits per heavy atom. The molecule has 1 aliphatic carbocycles. The molecule has 0 bridgehead atoms. The molecule has 0 saturated heterocycles. The van der Waals surface area contributed by atoms with E-state index < -0.39 is 18.8 Å². The molecule has 0 aromatic rings. The molecule has 0 aliphatic heterocycles. The van der Waals surface area contributed by atoms with Crippen molar-refractivity contribution in [1.82, 2.24) is 0 Å². The van der Waals surface area contributed by atoms with Crippen molar-refractivity contribution in [2.45, 2.75) is 25.7 Å². The summed E-state index contributed by atoms with van der Waals surface area (Å²) in [6.45, 7) is -0.978. The minimum Gasteiger partial charge on any atom is -0.250 e. The Morgan fingerprint density at radius 3 is 1.90 bits per heavy atom. The van der Waals surface area contributed by atoms with Crippen LogP contribution in [-0.2, 0) is 0 Å². The van der Waals surface area contributed by atoms with E-state index in [1.165, 1.54) is 0 Å². The van der Waals surface area contributed by atoms with Crippen LogP contribution in [0.2, 0.25) is 0 Å². The molecule has 0 unspecified atom stereocenters. The number of hydrogen-bond acceptors (Lipinski definition) is 0. The molecular weight excluding hydrogens is 134 g/mol. The van der Waals surface area contributed by atoms with Crippen molar-refractivity contribution < 1.29 is 8.78 Å². The quantitative estimate of drug-likeness (QED) is 0.563.